The van der Waals surface area contributed by atoms with E-state index in [1.165, 1.54) is 0 Å². The Balaban J connectivity index is 1.72. The van der Waals surface area contributed by atoms with Gasteiger partial charge >= 0.3 is 0 Å². The second kappa shape index (κ2) is 7.30. The molecule has 0 N–H and O–H groups in total. The molecule has 0 bridgehead atoms. The lowest BCUT2D eigenvalue weighted by atomic mass is 9.89. The molecule has 0 saturated heterocycles. The molecule has 158 valence electrons. The Morgan fingerprint density at radius 2 is 1.70 bits per heavy atom. The van der Waals surface area contributed by atoms with Crippen molar-refractivity contribution in [2.24, 2.45) is 0 Å². The van der Waals surface area contributed by atoms with Gasteiger partial charge in [0, 0.05) is 14.2 Å². The molecule has 0 spiro atoms. The number of hydrogen-bond donors (Lipinski definition) is 0. The molecule has 0 aliphatic carbocycles. The molecule has 30 heavy (non-hydrogen) atoms. The Kier molecular flexibility index (Phi) is 4.60. The van der Waals surface area contributed by atoms with E-state index in [0.29, 0.717) is 34.3 Å². The van der Waals surface area contributed by atoms with Gasteiger partial charge in [-0.15, -0.1) is 0 Å². The van der Waals surface area contributed by atoms with Crippen LogP contribution < -0.4 is 23.7 Å². The largest absolute Gasteiger partial charge is 0.492 e. The van der Waals surface area contributed by atoms with Crippen molar-refractivity contribution in [2.45, 2.75) is 18.3 Å². The van der Waals surface area contributed by atoms with Crippen molar-refractivity contribution in [2.75, 3.05) is 35.2 Å². The van der Waals surface area contributed by atoms with Gasteiger partial charge in [-0.2, -0.15) is 0 Å². The van der Waals surface area contributed by atoms with Crippen LogP contribution in [0.4, 0.5) is 0 Å². The first-order chi connectivity index (χ1) is 14.7. The van der Waals surface area contributed by atoms with Crippen molar-refractivity contribution in [3.8, 4) is 28.7 Å². The minimum atomic E-state index is -0.475. The van der Waals surface area contributed by atoms with Crippen LogP contribution in [0, 0.1) is 0 Å². The van der Waals surface area contributed by atoms with Crippen LogP contribution in [0.25, 0.3) is 11.0 Å². The van der Waals surface area contributed by atoms with Crippen LogP contribution >= 0.6 is 0 Å². The summed E-state index contributed by atoms with van der Waals surface area (Å²) in [6, 6.07) is 7.55. The van der Waals surface area contributed by atoms with Gasteiger partial charge in [0.15, 0.2) is 28.9 Å². The normalized spacial score (nSPS) is 21.9. The lowest BCUT2D eigenvalue weighted by Gasteiger charge is -2.39. The Morgan fingerprint density at radius 3 is 2.43 bits per heavy atom. The van der Waals surface area contributed by atoms with E-state index in [-0.39, 0.29) is 6.79 Å². The lowest BCUT2D eigenvalue weighted by molar-refractivity contribution is -0.106. The second-order valence-electron chi connectivity index (χ2n) is 6.98. The molecule has 0 amide bonds. The minimum absolute atomic E-state index is 0.203. The summed E-state index contributed by atoms with van der Waals surface area (Å²) in [7, 11) is 6.41. The van der Waals surface area contributed by atoms with E-state index in [1.54, 1.807) is 34.7 Å². The highest BCUT2D eigenvalue weighted by molar-refractivity contribution is 5.94. The topological polar surface area (TPSA) is 77.8 Å². The third kappa shape index (κ3) is 2.60. The average Bonchev–Trinajstić information content (AvgIpc) is 3.45. The monoisotopic (exact) mass is 414 g/mol. The van der Waals surface area contributed by atoms with Gasteiger partial charge in [0.2, 0.25) is 12.5 Å². The summed E-state index contributed by atoms with van der Waals surface area (Å²) in [5, 5.41) is 0.769. The lowest BCUT2D eigenvalue weighted by Crippen LogP contribution is -2.37. The zero-order valence-electron chi connectivity index (χ0n) is 17.1. The Labute approximate surface area is 173 Å². The molecule has 8 heteroatoms. The summed E-state index contributed by atoms with van der Waals surface area (Å²) >= 11 is 0. The fraction of sp³-hybridized carbons (Fsp3) is 0.364. The third-order valence-corrected chi connectivity index (χ3v) is 5.60. The van der Waals surface area contributed by atoms with E-state index in [2.05, 4.69) is 0 Å². The number of fused-ring (bicyclic) bond motifs is 4. The van der Waals surface area contributed by atoms with Crippen LogP contribution in [0.2, 0.25) is 0 Å². The molecular formula is C22H22O8. The smallest absolute Gasteiger partial charge is 0.231 e. The quantitative estimate of drug-likeness (QED) is 0.620. The molecule has 2 aliphatic rings. The number of methoxy groups -OCH3 is 4. The van der Waals surface area contributed by atoms with E-state index in [1.807, 2.05) is 24.3 Å². The molecule has 8 nitrogen and oxygen atoms in total. The molecule has 0 fully saturated rings. The van der Waals surface area contributed by atoms with Crippen LogP contribution in [0.5, 0.6) is 28.7 Å². The maximum absolute atomic E-state index is 6.53. The van der Waals surface area contributed by atoms with Gasteiger partial charge < -0.3 is 37.6 Å². The summed E-state index contributed by atoms with van der Waals surface area (Å²) in [4.78, 5) is 0. The number of hydrogen-bond acceptors (Lipinski definition) is 8. The predicted octanol–water partition coefficient (Wildman–Crippen LogP) is 4.01. The summed E-state index contributed by atoms with van der Waals surface area (Å²) in [6.07, 6.45) is 0.206. The average molecular weight is 414 g/mol. The van der Waals surface area contributed by atoms with E-state index in [9.17, 15) is 0 Å². The number of benzene rings is 2. The fourth-order valence-electron chi connectivity index (χ4n) is 4.28. The van der Waals surface area contributed by atoms with Crippen LogP contribution in [-0.2, 0) is 9.47 Å². The van der Waals surface area contributed by atoms with Crippen LogP contribution in [-0.4, -0.2) is 41.3 Å². The van der Waals surface area contributed by atoms with E-state index in [4.69, 9.17) is 37.6 Å². The molecule has 3 heterocycles. The zero-order chi connectivity index (χ0) is 20.8. The Hall–Kier alpha value is -3.10. The molecule has 3 aromatic rings. The zero-order valence-corrected chi connectivity index (χ0v) is 17.1. The maximum atomic E-state index is 6.53. The molecule has 3 atom stereocenters. The first-order valence-corrected chi connectivity index (χ1v) is 9.48. The molecule has 2 aliphatic heterocycles. The van der Waals surface area contributed by atoms with E-state index in [0.717, 1.165) is 16.5 Å². The highest BCUT2D eigenvalue weighted by Crippen LogP contribution is 2.55. The molecule has 1 aromatic heterocycles. The second-order valence-corrected chi connectivity index (χ2v) is 6.98. The fourth-order valence-corrected chi connectivity index (χ4v) is 4.28. The van der Waals surface area contributed by atoms with Gasteiger partial charge in [0.25, 0.3) is 0 Å². The Morgan fingerprint density at radius 1 is 0.900 bits per heavy atom. The molecule has 0 radical (unpaired) electrons. The van der Waals surface area contributed by atoms with Gasteiger partial charge in [-0.3, -0.25) is 0 Å². The van der Waals surface area contributed by atoms with Gasteiger partial charge in [-0.1, -0.05) is 6.07 Å². The summed E-state index contributed by atoms with van der Waals surface area (Å²) in [6.45, 7) is 0.203. The van der Waals surface area contributed by atoms with Gasteiger partial charge in [0.05, 0.1) is 31.4 Å². The van der Waals surface area contributed by atoms with E-state index < -0.39 is 18.3 Å². The predicted molar refractivity (Wildman–Crippen MR) is 106 cm³/mol. The van der Waals surface area contributed by atoms with Crippen LogP contribution in [0.1, 0.15) is 23.3 Å². The SMILES string of the molecule is COc1c2c(c3ccoc3c1OC)O[C@@H](c1ccc3c(c1)OCO3)[C@H](OC)[C@H]2OC. The van der Waals surface area contributed by atoms with E-state index >= 15 is 0 Å². The van der Waals surface area contributed by atoms with Crippen molar-refractivity contribution in [1.29, 1.82) is 0 Å². The summed E-state index contributed by atoms with van der Waals surface area (Å²) in [5.41, 5.74) is 2.14. The number of rotatable bonds is 5. The molecule has 0 unspecified atom stereocenters. The summed E-state index contributed by atoms with van der Waals surface area (Å²) < 4.78 is 46.3. The minimum Gasteiger partial charge on any atom is -0.492 e. The first kappa shape index (κ1) is 18.9. The Bertz CT molecular complexity index is 1090. The molecule has 2 aromatic carbocycles. The van der Waals surface area contributed by atoms with Crippen molar-refractivity contribution in [3.05, 3.63) is 41.7 Å². The van der Waals surface area contributed by atoms with Crippen LogP contribution in [0.3, 0.4) is 0 Å². The van der Waals surface area contributed by atoms with Crippen molar-refractivity contribution < 1.29 is 37.6 Å². The van der Waals surface area contributed by atoms with Gasteiger partial charge in [-0.25, -0.2) is 0 Å². The third-order valence-electron chi connectivity index (χ3n) is 5.60. The standard InChI is InChI=1S/C22H22O8/c1-23-19-15-17(12-7-8-27-18(12)22(26-4)20(15)24-2)30-16(21(19)25-3)11-5-6-13-14(9-11)29-10-28-13/h5-9,16,19,21H,10H2,1-4H3/t16-,19-,21-/m0/s1. The number of ether oxygens (including phenoxy) is 7. The first-order valence-electron chi connectivity index (χ1n) is 9.48. The van der Waals surface area contributed by atoms with Crippen molar-refractivity contribution >= 4 is 11.0 Å². The number of furan rings is 1. The van der Waals surface area contributed by atoms with Crippen molar-refractivity contribution in [1.82, 2.24) is 0 Å². The highest BCUT2D eigenvalue weighted by Gasteiger charge is 2.44. The molecule has 0 saturated carbocycles. The van der Waals surface area contributed by atoms with Gasteiger partial charge in [0.1, 0.15) is 18.0 Å². The summed E-state index contributed by atoms with van der Waals surface area (Å²) in [5.74, 6) is 2.97. The molecule has 5 rings (SSSR count). The van der Waals surface area contributed by atoms with Crippen molar-refractivity contribution in [3.63, 3.8) is 0 Å². The van der Waals surface area contributed by atoms with Gasteiger partial charge in [-0.05, 0) is 23.8 Å². The van der Waals surface area contributed by atoms with Crippen LogP contribution in [0.15, 0.2) is 34.9 Å². The maximum Gasteiger partial charge on any atom is 0.231 e. The molecular weight excluding hydrogens is 392 g/mol. The highest BCUT2D eigenvalue weighted by atomic mass is 16.7.